The van der Waals surface area contributed by atoms with Crippen molar-refractivity contribution < 1.29 is 0 Å². The van der Waals surface area contributed by atoms with Crippen LogP contribution in [0.5, 0.6) is 0 Å². The van der Waals surface area contributed by atoms with Gasteiger partial charge in [-0.1, -0.05) is 45.0 Å². The molecule has 94 valence electrons. The van der Waals surface area contributed by atoms with E-state index in [2.05, 4.69) is 55.7 Å². The van der Waals surface area contributed by atoms with Crippen LogP contribution < -0.4 is 10.6 Å². The van der Waals surface area contributed by atoms with E-state index in [0.29, 0.717) is 6.04 Å². The SMILES string of the molecule is CC(C)(C)c1ccc(C[C@@H]2CNCCN2)cc1. The second kappa shape index (κ2) is 5.19. The second-order valence-corrected chi connectivity index (χ2v) is 6.01. The quantitative estimate of drug-likeness (QED) is 0.816. The van der Waals surface area contributed by atoms with Gasteiger partial charge < -0.3 is 10.6 Å². The Morgan fingerprint density at radius 3 is 2.35 bits per heavy atom. The molecule has 1 aliphatic heterocycles. The average Bonchev–Trinajstić information content (AvgIpc) is 2.30. The predicted molar refractivity (Wildman–Crippen MR) is 73.5 cm³/mol. The molecule has 2 heteroatoms. The van der Waals surface area contributed by atoms with Gasteiger partial charge in [-0.3, -0.25) is 0 Å². The molecule has 1 saturated heterocycles. The van der Waals surface area contributed by atoms with Crippen LogP contribution in [-0.2, 0) is 11.8 Å². The normalized spacial score (nSPS) is 21.5. The Hall–Kier alpha value is -0.860. The molecule has 2 nitrogen and oxygen atoms in total. The van der Waals surface area contributed by atoms with Gasteiger partial charge in [-0.15, -0.1) is 0 Å². The van der Waals surface area contributed by atoms with E-state index >= 15 is 0 Å². The summed E-state index contributed by atoms with van der Waals surface area (Å²) in [5.41, 5.74) is 3.10. The number of hydrogen-bond donors (Lipinski definition) is 2. The predicted octanol–water partition coefficient (Wildman–Crippen LogP) is 2.09. The van der Waals surface area contributed by atoms with Gasteiger partial charge in [-0.2, -0.15) is 0 Å². The second-order valence-electron chi connectivity index (χ2n) is 6.01. The van der Waals surface area contributed by atoms with Crippen molar-refractivity contribution in [3.05, 3.63) is 35.4 Å². The summed E-state index contributed by atoms with van der Waals surface area (Å²) in [5.74, 6) is 0. The van der Waals surface area contributed by atoms with Gasteiger partial charge >= 0.3 is 0 Å². The molecule has 0 saturated carbocycles. The lowest BCUT2D eigenvalue weighted by Crippen LogP contribution is -2.49. The third-order valence-electron chi connectivity index (χ3n) is 3.43. The highest BCUT2D eigenvalue weighted by atomic mass is 15.0. The Labute approximate surface area is 105 Å². The van der Waals surface area contributed by atoms with Gasteiger partial charge in [-0.25, -0.2) is 0 Å². The fourth-order valence-electron chi connectivity index (χ4n) is 2.28. The molecule has 1 aromatic rings. The Bertz CT molecular complexity index is 342. The molecule has 0 bridgehead atoms. The molecule has 0 aliphatic carbocycles. The minimum Gasteiger partial charge on any atom is -0.314 e. The molecule has 0 aromatic heterocycles. The summed E-state index contributed by atoms with van der Waals surface area (Å²) in [6, 6.07) is 9.68. The highest BCUT2D eigenvalue weighted by Gasteiger charge is 2.15. The van der Waals surface area contributed by atoms with Crippen LogP contribution in [0.2, 0.25) is 0 Å². The Kier molecular flexibility index (Phi) is 3.85. The fourth-order valence-corrected chi connectivity index (χ4v) is 2.28. The molecular weight excluding hydrogens is 208 g/mol. The molecule has 0 radical (unpaired) electrons. The maximum absolute atomic E-state index is 3.55. The van der Waals surface area contributed by atoms with Crippen molar-refractivity contribution in [3.63, 3.8) is 0 Å². The summed E-state index contributed by atoms with van der Waals surface area (Å²) >= 11 is 0. The largest absolute Gasteiger partial charge is 0.314 e. The van der Waals surface area contributed by atoms with Gasteiger partial charge in [0.05, 0.1) is 0 Å². The molecule has 1 atom stereocenters. The van der Waals surface area contributed by atoms with Crippen molar-refractivity contribution in [2.45, 2.75) is 38.6 Å². The van der Waals surface area contributed by atoms with Crippen LogP contribution in [0.4, 0.5) is 0 Å². The molecule has 0 unspecified atom stereocenters. The maximum atomic E-state index is 3.55. The van der Waals surface area contributed by atoms with Gasteiger partial charge in [0.1, 0.15) is 0 Å². The summed E-state index contributed by atoms with van der Waals surface area (Å²) in [4.78, 5) is 0. The number of nitrogens with one attached hydrogen (secondary N) is 2. The van der Waals surface area contributed by atoms with Gasteiger partial charge in [-0.05, 0) is 23.0 Å². The molecule has 1 heterocycles. The average molecular weight is 232 g/mol. The Balaban J connectivity index is 1.98. The minimum absolute atomic E-state index is 0.253. The summed E-state index contributed by atoms with van der Waals surface area (Å²) < 4.78 is 0. The van der Waals surface area contributed by atoms with E-state index in [-0.39, 0.29) is 5.41 Å². The molecule has 0 amide bonds. The summed E-state index contributed by atoms with van der Waals surface area (Å²) in [6.07, 6.45) is 1.12. The number of hydrogen-bond acceptors (Lipinski definition) is 2. The van der Waals surface area contributed by atoms with E-state index in [4.69, 9.17) is 0 Å². The molecule has 2 N–H and O–H groups in total. The van der Waals surface area contributed by atoms with Crippen molar-refractivity contribution in [1.82, 2.24) is 10.6 Å². The van der Waals surface area contributed by atoms with E-state index in [9.17, 15) is 0 Å². The first-order chi connectivity index (χ1) is 8.05. The summed E-state index contributed by atoms with van der Waals surface area (Å²) in [7, 11) is 0. The van der Waals surface area contributed by atoms with Crippen molar-refractivity contribution in [3.8, 4) is 0 Å². The standard InChI is InChI=1S/C15H24N2/c1-15(2,3)13-6-4-12(5-7-13)10-14-11-16-8-9-17-14/h4-7,14,16-17H,8-11H2,1-3H3/t14-/m1/s1. The van der Waals surface area contributed by atoms with Crippen molar-refractivity contribution >= 4 is 0 Å². The zero-order chi connectivity index (χ0) is 12.3. The zero-order valence-electron chi connectivity index (χ0n) is 11.2. The Morgan fingerprint density at radius 2 is 1.82 bits per heavy atom. The Morgan fingerprint density at radius 1 is 1.12 bits per heavy atom. The lowest BCUT2D eigenvalue weighted by molar-refractivity contribution is 0.416. The molecular formula is C15H24N2. The van der Waals surface area contributed by atoms with E-state index in [1.54, 1.807) is 0 Å². The monoisotopic (exact) mass is 232 g/mol. The third-order valence-corrected chi connectivity index (χ3v) is 3.43. The first-order valence-electron chi connectivity index (χ1n) is 6.59. The highest BCUT2D eigenvalue weighted by molar-refractivity contribution is 5.28. The van der Waals surface area contributed by atoms with Crippen LogP contribution >= 0.6 is 0 Å². The molecule has 1 fully saturated rings. The minimum atomic E-state index is 0.253. The first kappa shape index (κ1) is 12.6. The summed E-state index contributed by atoms with van der Waals surface area (Å²) in [6.45, 7) is 10.0. The van der Waals surface area contributed by atoms with E-state index in [1.807, 2.05) is 0 Å². The summed E-state index contributed by atoms with van der Waals surface area (Å²) in [5, 5.41) is 6.98. The molecule has 1 aromatic carbocycles. The van der Waals surface area contributed by atoms with Crippen LogP contribution in [0.1, 0.15) is 31.9 Å². The van der Waals surface area contributed by atoms with Gasteiger partial charge in [0.15, 0.2) is 0 Å². The number of benzene rings is 1. The van der Waals surface area contributed by atoms with Crippen molar-refractivity contribution in [2.75, 3.05) is 19.6 Å². The van der Waals surface area contributed by atoms with Crippen LogP contribution in [0.25, 0.3) is 0 Å². The van der Waals surface area contributed by atoms with Crippen LogP contribution in [0, 0.1) is 0 Å². The van der Waals surface area contributed by atoms with Crippen LogP contribution in [0.15, 0.2) is 24.3 Å². The van der Waals surface area contributed by atoms with E-state index < -0.39 is 0 Å². The van der Waals surface area contributed by atoms with E-state index in [1.165, 1.54) is 11.1 Å². The highest BCUT2D eigenvalue weighted by Crippen LogP contribution is 2.22. The molecule has 17 heavy (non-hydrogen) atoms. The molecule has 2 rings (SSSR count). The van der Waals surface area contributed by atoms with Crippen molar-refractivity contribution in [2.24, 2.45) is 0 Å². The van der Waals surface area contributed by atoms with Gasteiger partial charge in [0.25, 0.3) is 0 Å². The maximum Gasteiger partial charge on any atom is 0.0233 e. The first-order valence-corrected chi connectivity index (χ1v) is 6.59. The van der Waals surface area contributed by atoms with Crippen LogP contribution in [-0.4, -0.2) is 25.7 Å². The smallest absolute Gasteiger partial charge is 0.0233 e. The topological polar surface area (TPSA) is 24.1 Å². The third kappa shape index (κ3) is 3.55. The number of rotatable bonds is 2. The molecule has 0 spiro atoms. The van der Waals surface area contributed by atoms with Crippen LogP contribution in [0.3, 0.4) is 0 Å². The van der Waals surface area contributed by atoms with Gasteiger partial charge in [0.2, 0.25) is 0 Å². The fraction of sp³-hybridized carbons (Fsp3) is 0.600. The van der Waals surface area contributed by atoms with E-state index in [0.717, 1.165) is 26.1 Å². The molecule has 1 aliphatic rings. The lowest BCUT2D eigenvalue weighted by atomic mass is 9.86. The number of piperazine rings is 1. The van der Waals surface area contributed by atoms with Crippen molar-refractivity contribution in [1.29, 1.82) is 0 Å². The van der Waals surface area contributed by atoms with Gasteiger partial charge in [0, 0.05) is 25.7 Å². The zero-order valence-corrected chi connectivity index (χ0v) is 11.2. The lowest BCUT2D eigenvalue weighted by Gasteiger charge is -2.25.